The summed E-state index contributed by atoms with van der Waals surface area (Å²) in [6.45, 7) is 2.02. The van der Waals surface area contributed by atoms with Gasteiger partial charge in [0.25, 0.3) is 0 Å². The highest BCUT2D eigenvalue weighted by molar-refractivity contribution is 5.75. The van der Waals surface area contributed by atoms with Crippen molar-refractivity contribution in [2.24, 2.45) is 5.92 Å². The largest absolute Gasteiger partial charge is 0.417 e. The fourth-order valence-corrected chi connectivity index (χ4v) is 2.56. The molecule has 1 fully saturated rings. The van der Waals surface area contributed by atoms with Gasteiger partial charge in [-0.1, -0.05) is 18.2 Å². The van der Waals surface area contributed by atoms with Gasteiger partial charge in [-0.2, -0.15) is 18.3 Å². The summed E-state index contributed by atoms with van der Waals surface area (Å²) in [6, 6.07) is 5.56. The van der Waals surface area contributed by atoms with Crippen LogP contribution in [0, 0.1) is 5.92 Å². The number of rotatable bonds is 3. The summed E-state index contributed by atoms with van der Waals surface area (Å²) >= 11 is 0. The van der Waals surface area contributed by atoms with Gasteiger partial charge in [0, 0.05) is 11.8 Å². The molecule has 0 aliphatic heterocycles. The molecule has 1 unspecified atom stereocenters. The Morgan fingerprint density at radius 2 is 1.95 bits per heavy atom. The maximum absolute atomic E-state index is 13.1. The van der Waals surface area contributed by atoms with E-state index < -0.39 is 11.7 Å². The summed E-state index contributed by atoms with van der Waals surface area (Å²) in [5, 5.41) is 4.31. The summed E-state index contributed by atoms with van der Waals surface area (Å²) < 4.78 is 41.0. The molecule has 0 amide bonds. The van der Waals surface area contributed by atoms with E-state index in [-0.39, 0.29) is 23.0 Å². The van der Waals surface area contributed by atoms with Crippen molar-refractivity contribution in [3.63, 3.8) is 0 Å². The molecule has 0 spiro atoms. The van der Waals surface area contributed by atoms with Crippen LogP contribution in [0.1, 0.15) is 31.4 Å². The maximum atomic E-state index is 13.1. The average molecular weight is 295 g/mol. The Hall–Kier alpha value is -1.98. The minimum absolute atomic E-state index is 0.0317. The molecule has 0 bridgehead atoms. The SMILES string of the molecule is CC(C1CC1)n1cc(N)c(-c2ccccc2C(F)(F)F)n1. The highest BCUT2D eigenvalue weighted by Gasteiger charge is 2.35. The molecule has 21 heavy (non-hydrogen) atoms. The van der Waals surface area contributed by atoms with Crippen LogP contribution in [0.2, 0.25) is 0 Å². The van der Waals surface area contributed by atoms with Gasteiger partial charge in [0.05, 0.1) is 17.3 Å². The second-order valence-electron chi connectivity index (χ2n) is 5.53. The molecule has 3 nitrogen and oxygen atoms in total. The topological polar surface area (TPSA) is 43.8 Å². The number of anilines is 1. The lowest BCUT2D eigenvalue weighted by molar-refractivity contribution is -0.137. The number of nitrogen functional groups attached to an aromatic ring is 1. The molecule has 2 aromatic rings. The lowest BCUT2D eigenvalue weighted by atomic mass is 10.0. The van der Waals surface area contributed by atoms with Crippen LogP contribution in [0.25, 0.3) is 11.3 Å². The van der Waals surface area contributed by atoms with Gasteiger partial charge >= 0.3 is 6.18 Å². The van der Waals surface area contributed by atoms with Gasteiger partial charge in [-0.25, -0.2) is 0 Å². The van der Waals surface area contributed by atoms with E-state index in [9.17, 15) is 13.2 Å². The Labute approximate surface area is 120 Å². The third-order valence-electron chi connectivity index (χ3n) is 3.97. The Kier molecular flexibility index (Phi) is 3.19. The molecule has 0 saturated heterocycles. The molecule has 1 heterocycles. The van der Waals surface area contributed by atoms with Crippen molar-refractivity contribution < 1.29 is 13.2 Å². The standard InChI is InChI=1S/C15H16F3N3/c1-9(10-6-7-10)21-8-13(19)14(20-21)11-4-2-3-5-12(11)15(16,17)18/h2-5,8-10H,6-7,19H2,1H3. The number of nitrogens with two attached hydrogens (primary N) is 1. The van der Waals surface area contributed by atoms with Crippen molar-refractivity contribution in [1.82, 2.24) is 9.78 Å². The van der Waals surface area contributed by atoms with Gasteiger partial charge in [0.15, 0.2) is 0 Å². The van der Waals surface area contributed by atoms with E-state index in [2.05, 4.69) is 5.10 Å². The van der Waals surface area contributed by atoms with Crippen molar-refractivity contribution in [1.29, 1.82) is 0 Å². The van der Waals surface area contributed by atoms with E-state index >= 15 is 0 Å². The van der Waals surface area contributed by atoms with E-state index in [1.807, 2.05) is 6.92 Å². The van der Waals surface area contributed by atoms with E-state index in [4.69, 9.17) is 5.73 Å². The van der Waals surface area contributed by atoms with Crippen LogP contribution in [0.15, 0.2) is 30.5 Å². The number of aromatic nitrogens is 2. The smallest absolute Gasteiger partial charge is 0.396 e. The van der Waals surface area contributed by atoms with Gasteiger partial charge in [-0.3, -0.25) is 4.68 Å². The highest BCUT2D eigenvalue weighted by Crippen LogP contribution is 2.41. The third-order valence-corrected chi connectivity index (χ3v) is 3.97. The quantitative estimate of drug-likeness (QED) is 0.925. The molecule has 1 aromatic carbocycles. The molecule has 3 rings (SSSR count). The zero-order chi connectivity index (χ0) is 15.2. The second-order valence-corrected chi connectivity index (χ2v) is 5.53. The monoisotopic (exact) mass is 295 g/mol. The fraction of sp³-hybridized carbons (Fsp3) is 0.400. The zero-order valence-corrected chi connectivity index (χ0v) is 11.6. The molecule has 6 heteroatoms. The van der Waals surface area contributed by atoms with Gasteiger partial charge in [-0.05, 0) is 31.7 Å². The molecule has 112 valence electrons. The number of halogens is 3. The van der Waals surface area contributed by atoms with E-state index in [0.717, 1.165) is 18.9 Å². The van der Waals surface area contributed by atoms with Crippen LogP contribution in [0.5, 0.6) is 0 Å². The van der Waals surface area contributed by atoms with Crippen molar-refractivity contribution in [2.45, 2.75) is 32.0 Å². The Morgan fingerprint density at radius 1 is 1.29 bits per heavy atom. The van der Waals surface area contributed by atoms with Crippen LogP contribution in [0.4, 0.5) is 18.9 Å². The average Bonchev–Trinajstić information content (AvgIpc) is 3.20. The molecule has 0 radical (unpaired) electrons. The minimum Gasteiger partial charge on any atom is -0.396 e. The summed E-state index contributed by atoms with van der Waals surface area (Å²) in [6.07, 6.45) is -0.523. The first-order valence-electron chi connectivity index (χ1n) is 6.89. The van der Waals surface area contributed by atoms with Gasteiger partial charge < -0.3 is 5.73 Å². The number of alkyl halides is 3. The number of hydrogen-bond donors (Lipinski definition) is 1. The first-order valence-corrected chi connectivity index (χ1v) is 6.89. The van der Waals surface area contributed by atoms with Crippen molar-refractivity contribution in [2.75, 3.05) is 5.73 Å². The van der Waals surface area contributed by atoms with E-state index in [1.54, 1.807) is 16.9 Å². The van der Waals surface area contributed by atoms with Crippen molar-refractivity contribution in [3.05, 3.63) is 36.0 Å². The zero-order valence-electron chi connectivity index (χ0n) is 11.6. The molecular weight excluding hydrogens is 279 g/mol. The molecule has 1 saturated carbocycles. The molecule has 1 aromatic heterocycles. The first-order chi connectivity index (χ1) is 9.88. The van der Waals surface area contributed by atoms with Crippen molar-refractivity contribution >= 4 is 5.69 Å². The molecule has 1 aliphatic rings. The minimum atomic E-state index is -4.42. The Bertz CT molecular complexity index is 656. The maximum Gasteiger partial charge on any atom is 0.417 e. The predicted molar refractivity (Wildman–Crippen MR) is 74.5 cm³/mol. The summed E-state index contributed by atoms with van der Waals surface area (Å²) in [5.41, 5.74) is 5.70. The van der Waals surface area contributed by atoms with Gasteiger partial charge in [0.1, 0.15) is 5.69 Å². The first kappa shape index (κ1) is 14.0. The number of nitrogens with zero attached hydrogens (tertiary/aromatic N) is 2. The predicted octanol–water partition coefficient (Wildman–Crippen LogP) is 4.12. The normalized spacial score (nSPS) is 17.0. The van der Waals surface area contributed by atoms with E-state index in [0.29, 0.717) is 5.92 Å². The van der Waals surface area contributed by atoms with Crippen molar-refractivity contribution in [3.8, 4) is 11.3 Å². The van der Waals surface area contributed by atoms with Crippen LogP contribution in [-0.2, 0) is 6.18 Å². The fourth-order valence-electron chi connectivity index (χ4n) is 2.56. The van der Waals surface area contributed by atoms with Gasteiger partial charge in [0.2, 0.25) is 0 Å². The van der Waals surface area contributed by atoms with Crippen LogP contribution in [0.3, 0.4) is 0 Å². The summed E-state index contributed by atoms with van der Waals surface area (Å²) in [4.78, 5) is 0. The van der Waals surface area contributed by atoms with Gasteiger partial charge in [-0.15, -0.1) is 0 Å². The van der Waals surface area contributed by atoms with E-state index in [1.165, 1.54) is 12.1 Å². The second kappa shape index (κ2) is 4.79. The molecule has 1 atom stereocenters. The number of benzene rings is 1. The van der Waals surface area contributed by atoms with Crippen LogP contribution in [-0.4, -0.2) is 9.78 Å². The summed E-state index contributed by atoms with van der Waals surface area (Å²) in [7, 11) is 0. The molecule has 2 N–H and O–H groups in total. The number of hydrogen-bond acceptors (Lipinski definition) is 2. The Balaban J connectivity index is 2.05. The lowest BCUT2D eigenvalue weighted by Crippen LogP contribution is -2.09. The molecule has 1 aliphatic carbocycles. The third kappa shape index (κ3) is 2.62. The summed E-state index contributed by atoms with van der Waals surface area (Å²) in [5.74, 6) is 0.551. The Morgan fingerprint density at radius 3 is 2.57 bits per heavy atom. The lowest BCUT2D eigenvalue weighted by Gasteiger charge is -2.12. The van der Waals surface area contributed by atoms with Crippen LogP contribution >= 0.6 is 0 Å². The highest BCUT2D eigenvalue weighted by atomic mass is 19.4. The van der Waals surface area contributed by atoms with Crippen LogP contribution < -0.4 is 5.73 Å². The molecular formula is C15H16F3N3.